The van der Waals surface area contributed by atoms with Gasteiger partial charge >= 0.3 is 0 Å². The Morgan fingerprint density at radius 3 is 2.78 bits per heavy atom. The zero-order chi connectivity index (χ0) is 18.0. The molecule has 5 nitrogen and oxygen atoms in total. The molecule has 132 valence electrons. The summed E-state index contributed by atoms with van der Waals surface area (Å²) in [5.74, 6) is 0.598. The average Bonchev–Trinajstić information content (AvgIpc) is 3.07. The number of aromatic amines is 1. The van der Waals surface area contributed by atoms with Crippen LogP contribution in [0.5, 0.6) is 0 Å². The summed E-state index contributed by atoms with van der Waals surface area (Å²) in [7, 11) is 0. The number of benzene rings is 2. The number of carbonyl (C=O) groups is 1. The highest BCUT2D eigenvalue weighted by atomic mass is 16.3. The molecule has 2 aromatic heterocycles. The molecule has 2 aromatic carbocycles. The number of fused-ring (bicyclic) bond motifs is 3. The summed E-state index contributed by atoms with van der Waals surface area (Å²) in [5, 5.41) is 8.10. The van der Waals surface area contributed by atoms with Gasteiger partial charge in [0.15, 0.2) is 5.76 Å². The number of hydrogen-bond donors (Lipinski definition) is 1. The lowest BCUT2D eigenvalue weighted by atomic mass is 9.99. The van der Waals surface area contributed by atoms with E-state index in [2.05, 4.69) is 22.3 Å². The standard InChI is InChI=1S/C22H17N3O2/c26-21(25-13-22(9-10-22)16-6-2-3-7-17(16)25)15-12-23-24-20(15)19-11-14-5-1-4-8-18(14)27-19/h1-8,11-12H,9-10,13H2,(H,23,24). The molecule has 1 spiro atoms. The van der Waals surface area contributed by atoms with Crippen LogP contribution < -0.4 is 4.90 Å². The second-order valence-corrected chi connectivity index (χ2v) is 7.50. The molecule has 2 aliphatic rings. The third-order valence-electron chi connectivity index (χ3n) is 5.87. The highest BCUT2D eigenvalue weighted by Crippen LogP contribution is 2.56. The van der Waals surface area contributed by atoms with E-state index in [1.54, 1.807) is 6.20 Å². The summed E-state index contributed by atoms with van der Waals surface area (Å²) in [4.78, 5) is 15.3. The van der Waals surface area contributed by atoms with E-state index in [9.17, 15) is 4.79 Å². The van der Waals surface area contributed by atoms with Crippen molar-refractivity contribution in [2.24, 2.45) is 0 Å². The average molecular weight is 355 g/mol. The van der Waals surface area contributed by atoms with E-state index in [-0.39, 0.29) is 11.3 Å². The molecule has 1 fully saturated rings. The fourth-order valence-electron chi connectivity index (χ4n) is 4.28. The number of para-hydroxylation sites is 2. The van der Waals surface area contributed by atoms with E-state index in [1.807, 2.05) is 47.4 Å². The maximum absolute atomic E-state index is 13.4. The highest BCUT2D eigenvalue weighted by Gasteiger charge is 2.53. The second kappa shape index (κ2) is 5.10. The predicted octanol–water partition coefficient (Wildman–Crippen LogP) is 4.51. The smallest absolute Gasteiger partial charge is 0.262 e. The molecular weight excluding hydrogens is 338 g/mol. The lowest BCUT2D eigenvalue weighted by molar-refractivity contribution is 0.0988. The minimum atomic E-state index is -0.0320. The number of nitrogens with zero attached hydrogens (tertiary/aromatic N) is 2. The Hall–Kier alpha value is -3.34. The molecule has 0 unspecified atom stereocenters. The van der Waals surface area contributed by atoms with Crippen LogP contribution in [0.4, 0.5) is 5.69 Å². The van der Waals surface area contributed by atoms with Crippen molar-refractivity contribution in [1.82, 2.24) is 10.2 Å². The monoisotopic (exact) mass is 355 g/mol. The summed E-state index contributed by atoms with van der Waals surface area (Å²) < 4.78 is 5.95. The van der Waals surface area contributed by atoms with Gasteiger partial charge in [-0.3, -0.25) is 9.89 Å². The fourth-order valence-corrected chi connectivity index (χ4v) is 4.28. The molecule has 6 rings (SSSR count). The Balaban J connectivity index is 1.43. The number of aromatic nitrogens is 2. The molecule has 1 aliphatic carbocycles. The Labute approximate surface area is 155 Å². The van der Waals surface area contributed by atoms with E-state index in [0.717, 1.165) is 36.0 Å². The molecule has 1 N–H and O–H groups in total. The number of amides is 1. The van der Waals surface area contributed by atoms with Gasteiger partial charge in [-0.15, -0.1) is 0 Å². The number of nitrogens with one attached hydrogen (secondary N) is 1. The molecule has 0 atom stereocenters. The van der Waals surface area contributed by atoms with Crippen LogP contribution in [0, 0.1) is 0 Å². The molecule has 4 aromatic rings. The topological polar surface area (TPSA) is 62.1 Å². The van der Waals surface area contributed by atoms with Gasteiger partial charge in [-0.05, 0) is 36.6 Å². The molecule has 0 bridgehead atoms. The molecule has 0 radical (unpaired) electrons. The Bertz CT molecular complexity index is 1170. The van der Waals surface area contributed by atoms with E-state index >= 15 is 0 Å². The fraction of sp³-hybridized carbons (Fsp3) is 0.182. The largest absolute Gasteiger partial charge is 0.454 e. The Kier molecular flexibility index (Phi) is 2.79. The molecule has 3 heterocycles. The van der Waals surface area contributed by atoms with Gasteiger partial charge in [-0.1, -0.05) is 36.4 Å². The minimum absolute atomic E-state index is 0.0320. The van der Waals surface area contributed by atoms with Crippen molar-refractivity contribution in [3.63, 3.8) is 0 Å². The normalized spacial score (nSPS) is 16.8. The lowest BCUT2D eigenvalue weighted by Gasteiger charge is -2.17. The van der Waals surface area contributed by atoms with Crippen LogP contribution >= 0.6 is 0 Å². The van der Waals surface area contributed by atoms with Crippen LogP contribution in [-0.2, 0) is 5.41 Å². The molecule has 1 amide bonds. The van der Waals surface area contributed by atoms with E-state index in [4.69, 9.17) is 4.42 Å². The minimum Gasteiger partial charge on any atom is -0.454 e. The number of furan rings is 1. The van der Waals surface area contributed by atoms with Gasteiger partial charge in [0.2, 0.25) is 0 Å². The zero-order valence-corrected chi connectivity index (χ0v) is 14.6. The molecule has 27 heavy (non-hydrogen) atoms. The van der Waals surface area contributed by atoms with Gasteiger partial charge in [0.25, 0.3) is 5.91 Å². The van der Waals surface area contributed by atoms with Crippen LogP contribution in [0.25, 0.3) is 22.4 Å². The summed E-state index contributed by atoms with van der Waals surface area (Å²) in [5.41, 5.74) is 4.45. The third-order valence-corrected chi connectivity index (χ3v) is 5.87. The number of anilines is 1. The summed E-state index contributed by atoms with van der Waals surface area (Å²) in [6.45, 7) is 0.746. The Morgan fingerprint density at radius 2 is 1.93 bits per heavy atom. The molecule has 1 aliphatic heterocycles. The van der Waals surface area contributed by atoms with Crippen LogP contribution in [-0.4, -0.2) is 22.6 Å². The van der Waals surface area contributed by atoms with Gasteiger partial charge in [0, 0.05) is 23.0 Å². The first-order chi connectivity index (χ1) is 13.3. The van der Waals surface area contributed by atoms with Crippen LogP contribution in [0.1, 0.15) is 28.8 Å². The van der Waals surface area contributed by atoms with E-state index in [1.165, 1.54) is 5.56 Å². The second-order valence-electron chi connectivity index (χ2n) is 7.50. The maximum atomic E-state index is 13.4. The first-order valence-electron chi connectivity index (χ1n) is 9.19. The number of hydrogen-bond acceptors (Lipinski definition) is 3. The zero-order valence-electron chi connectivity index (χ0n) is 14.6. The molecule has 5 heteroatoms. The first kappa shape index (κ1) is 14.8. The van der Waals surface area contributed by atoms with Gasteiger partial charge < -0.3 is 9.32 Å². The van der Waals surface area contributed by atoms with Crippen LogP contribution in [0.2, 0.25) is 0 Å². The Morgan fingerprint density at radius 1 is 1.11 bits per heavy atom. The maximum Gasteiger partial charge on any atom is 0.262 e. The number of carbonyl (C=O) groups excluding carboxylic acids is 1. The predicted molar refractivity (Wildman–Crippen MR) is 103 cm³/mol. The van der Waals surface area contributed by atoms with Crippen molar-refractivity contribution in [2.45, 2.75) is 18.3 Å². The summed E-state index contributed by atoms with van der Waals surface area (Å²) in [6.07, 6.45) is 3.90. The van der Waals surface area contributed by atoms with Crippen LogP contribution in [0.15, 0.2) is 65.2 Å². The number of H-pyrrole nitrogens is 1. The van der Waals surface area contributed by atoms with Crippen molar-refractivity contribution >= 4 is 22.6 Å². The lowest BCUT2D eigenvalue weighted by Crippen LogP contribution is -2.31. The van der Waals surface area contributed by atoms with Crippen molar-refractivity contribution < 1.29 is 9.21 Å². The van der Waals surface area contributed by atoms with Gasteiger partial charge in [-0.25, -0.2) is 0 Å². The molecule has 1 saturated carbocycles. The van der Waals surface area contributed by atoms with E-state index in [0.29, 0.717) is 17.0 Å². The third kappa shape index (κ3) is 2.05. The highest BCUT2D eigenvalue weighted by molar-refractivity contribution is 6.11. The molecule has 0 saturated heterocycles. The van der Waals surface area contributed by atoms with Gasteiger partial charge in [0.05, 0.1) is 11.8 Å². The molecular formula is C22H17N3O2. The van der Waals surface area contributed by atoms with Gasteiger partial charge in [-0.2, -0.15) is 5.10 Å². The van der Waals surface area contributed by atoms with Crippen molar-refractivity contribution in [3.8, 4) is 11.5 Å². The van der Waals surface area contributed by atoms with E-state index < -0.39 is 0 Å². The summed E-state index contributed by atoms with van der Waals surface area (Å²) in [6, 6.07) is 18.0. The first-order valence-corrected chi connectivity index (χ1v) is 9.19. The van der Waals surface area contributed by atoms with Crippen molar-refractivity contribution in [2.75, 3.05) is 11.4 Å². The van der Waals surface area contributed by atoms with Crippen molar-refractivity contribution in [3.05, 3.63) is 71.9 Å². The summed E-state index contributed by atoms with van der Waals surface area (Å²) >= 11 is 0. The quantitative estimate of drug-likeness (QED) is 0.575. The SMILES string of the molecule is O=C(c1cn[nH]c1-c1cc2ccccc2o1)N1CC2(CC2)c2ccccc21. The van der Waals surface area contributed by atoms with Crippen LogP contribution in [0.3, 0.4) is 0 Å². The van der Waals surface area contributed by atoms with Gasteiger partial charge in [0.1, 0.15) is 11.3 Å². The number of rotatable bonds is 2. The van der Waals surface area contributed by atoms with Crippen molar-refractivity contribution in [1.29, 1.82) is 0 Å².